The van der Waals surface area contributed by atoms with Gasteiger partial charge in [-0.2, -0.15) is 13.2 Å². The number of nitrogens with two attached hydrogens (primary N) is 1. The highest BCUT2D eigenvalue weighted by atomic mass is 19.4. The first-order valence-electron chi connectivity index (χ1n) is 5.17. The molecule has 1 rings (SSSR count). The van der Waals surface area contributed by atoms with Gasteiger partial charge in [0.1, 0.15) is 0 Å². The number of aryl methyl sites for hydroxylation is 1. The predicted octanol–water partition coefficient (Wildman–Crippen LogP) is 0.822. The summed E-state index contributed by atoms with van der Waals surface area (Å²) in [7, 11) is 1.50. The normalized spacial score (nSPS) is 11.8. The average molecular weight is 266 g/mol. The zero-order chi connectivity index (χ0) is 13.8. The van der Waals surface area contributed by atoms with E-state index in [-0.39, 0.29) is 6.54 Å². The lowest BCUT2D eigenvalue weighted by atomic mass is 10.2. The van der Waals surface area contributed by atoms with Crippen molar-refractivity contribution in [3.05, 3.63) is 11.4 Å². The number of primary amides is 1. The summed E-state index contributed by atoms with van der Waals surface area (Å²) in [5.74, 6) is -1.24. The molecule has 0 radical (unpaired) electrons. The Morgan fingerprint density at radius 2 is 2.11 bits per heavy atom. The Morgan fingerprint density at radius 3 is 2.61 bits per heavy atom. The molecule has 0 spiro atoms. The van der Waals surface area contributed by atoms with E-state index in [0.29, 0.717) is 24.1 Å². The van der Waals surface area contributed by atoms with Crippen LogP contribution in [0.15, 0.2) is 0 Å². The molecule has 1 heterocycles. The molecular weight excluding hydrogens is 253 g/mol. The molecule has 1 amide bonds. The van der Waals surface area contributed by atoms with Crippen LogP contribution in [0.25, 0.3) is 0 Å². The highest BCUT2D eigenvalue weighted by Crippen LogP contribution is 2.31. The van der Waals surface area contributed by atoms with Gasteiger partial charge in [-0.25, -0.2) is 4.68 Å². The summed E-state index contributed by atoms with van der Waals surface area (Å²) in [6.07, 6.45) is -3.70. The summed E-state index contributed by atoms with van der Waals surface area (Å²) in [5, 5.41) is 6.47. The van der Waals surface area contributed by atoms with Gasteiger partial charge in [0.2, 0.25) is 0 Å². The van der Waals surface area contributed by atoms with Crippen LogP contribution in [0.4, 0.5) is 13.2 Å². The molecule has 0 unspecified atom stereocenters. The Bertz CT molecular complexity index is 416. The van der Waals surface area contributed by atoms with Gasteiger partial charge in [-0.05, 0) is 12.8 Å². The van der Waals surface area contributed by atoms with Crippen molar-refractivity contribution in [1.82, 2.24) is 15.0 Å². The number of halogens is 3. The van der Waals surface area contributed by atoms with Gasteiger partial charge >= 0.3 is 6.18 Å². The van der Waals surface area contributed by atoms with E-state index in [1.807, 2.05) is 0 Å². The molecule has 1 aromatic rings. The van der Waals surface area contributed by atoms with Gasteiger partial charge in [-0.15, -0.1) is 5.10 Å². The van der Waals surface area contributed by atoms with Crippen LogP contribution in [0.5, 0.6) is 0 Å². The van der Waals surface area contributed by atoms with E-state index in [1.54, 1.807) is 0 Å². The molecule has 0 aliphatic rings. The summed E-state index contributed by atoms with van der Waals surface area (Å²) in [4.78, 5) is 10.8. The first kappa shape index (κ1) is 14.4. The second kappa shape index (κ2) is 5.80. The molecule has 9 heteroatoms. The second-order valence-corrected chi connectivity index (χ2v) is 3.57. The number of amides is 1. The molecule has 0 fully saturated rings. The van der Waals surface area contributed by atoms with Gasteiger partial charge < -0.3 is 10.5 Å². The molecule has 0 aliphatic carbocycles. The second-order valence-electron chi connectivity index (χ2n) is 3.57. The van der Waals surface area contributed by atoms with E-state index in [4.69, 9.17) is 10.5 Å². The van der Waals surface area contributed by atoms with E-state index in [1.165, 1.54) is 7.11 Å². The number of methoxy groups -OCH3 is 1. The average Bonchev–Trinajstić information content (AvgIpc) is 2.68. The van der Waals surface area contributed by atoms with Gasteiger partial charge in [0.05, 0.1) is 0 Å². The van der Waals surface area contributed by atoms with Crippen molar-refractivity contribution in [3.8, 4) is 0 Å². The monoisotopic (exact) mass is 266 g/mol. The zero-order valence-electron chi connectivity index (χ0n) is 9.70. The van der Waals surface area contributed by atoms with Crippen LogP contribution in [0, 0.1) is 0 Å². The first-order chi connectivity index (χ1) is 8.38. The summed E-state index contributed by atoms with van der Waals surface area (Å²) >= 11 is 0. The predicted molar refractivity (Wildman–Crippen MR) is 54.7 cm³/mol. The zero-order valence-corrected chi connectivity index (χ0v) is 9.70. The third-order valence-electron chi connectivity index (χ3n) is 2.21. The molecule has 0 aliphatic heterocycles. The van der Waals surface area contributed by atoms with E-state index in [0.717, 1.165) is 0 Å². The molecule has 2 N–H and O–H groups in total. The Morgan fingerprint density at radius 1 is 1.44 bits per heavy atom. The van der Waals surface area contributed by atoms with Crippen molar-refractivity contribution in [3.63, 3.8) is 0 Å². The third-order valence-corrected chi connectivity index (χ3v) is 2.21. The minimum absolute atomic E-state index is 0.00150. The van der Waals surface area contributed by atoms with E-state index in [9.17, 15) is 18.0 Å². The Labute approximate surface area is 101 Å². The quantitative estimate of drug-likeness (QED) is 0.773. The maximum Gasteiger partial charge on any atom is 0.435 e. The van der Waals surface area contributed by atoms with E-state index in [2.05, 4.69) is 10.3 Å². The number of carbonyl (C=O) groups excluding carboxylic acids is 1. The highest BCUT2D eigenvalue weighted by Gasteiger charge is 2.40. The summed E-state index contributed by atoms with van der Waals surface area (Å²) in [6.45, 7) is 0.442. The summed E-state index contributed by atoms with van der Waals surface area (Å²) < 4.78 is 43.7. The number of hydrogen-bond donors (Lipinski definition) is 1. The fourth-order valence-electron chi connectivity index (χ4n) is 1.42. The topological polar surface area (TPSA) is 83.0 Å². The molecule has 0 bridgehead atoms. The molecule has 0 atom stereocenters. The molecular formula is C9H13F3N4O2. The number of alkyl halides is 3. The van der Waals surface area contributed by atoms with Gasteiger partial charge in [0.25, 0.3) is 5.91 Å². The number of ether oxygens (including phenoxy) is 1. The van der Waals surface area contributed by atoms with Crippen LogP contribution < -0.4 is 5.73 Å². The molecule has 0 saturated carbocycles. The van der Waals surface area contributed by atoms with Crippen molar-refractivity contribution in [2.75, 3.05) is 13.7 Å². The van der Waals surface area contributed by atoms with Crippen molar-refractivity contribution < 1.29 is 22.7 Å². The number of rotatable bonds is 6. The molecule has 0 saturated heterocycles. The fourth-order valence-corrected chi connectivity index (χ4v) is 1.42. The van der Waals surface area contributed by atoms with Crippen LogP contribution in [0.3, 0.4) is 0 Å². The van der Waals surface area contributed by atoms with E-state index < -0.39 is 23.5 Å². The number of unbranched alkanes of at least 4 members (excludes halogenated alkanes) is 1. The Balaban J connectivity index is 2.88. The first-order valence-corrected chi connectivity index (χ1v) is 5.17. The molecule has 18 heavy (non-hydrogen) atoms. The standard InChI is InChI=1S/C9H13F3N4O2/c1-18-5-3-2-4-16-7(9(10,11)12)6(8(13)17)14-15-16/h2-5H2,1H3,(H2,13,17). The molecule has 6 nitrogen and oxygen atoms in total. The van der Waals surface area contributed by atoms with Crippen LogP contribution >= 0.6 is 0 Å². The summed E-state index contributed by atoms with van der Waals surface area (Å²) in [6, 6.07) is 0. The van der Waals surface area contributed by atoms with Crippen molar-refractivity contribution in [2.24, 2.45) is 5.73 Å². The van der Waals surface area contributed by atoms with Gasteiger partial charge in [0.15, 0.2) is 11.4 Å². The fraction of sp³-hybridized carbons (Fsp3) is 0.667. The van der Waals surface area contributed by atoms with Gasteiger partial charge in [0, 0.05) is 20.3 Å². The maximum absolute atomic E-state index is 12.7. The highest BCUT2D eigenvalue weighted by molar-refractivity contribution is 5.91. The number of hydrogen-bond acceptors (Lipinski definition) is 4. The SMILES string of the molecule is COCCCCn1nnc(C(N)=O)c1C(F)(F)F. The lowest BCUT2D eigenvalue weighted by molar-refractivity contribution is -0.144. The molecule has 1 aromatic heterocycles. The lowest BCUT2D eigenvalue weighted by Crippen LogP contribution is -2.22. The van der Waals surface area contributed by atoms with Crippen molar-refractivity contribution >= 4 is 5.91 Å². The van der Waals surface area contributed by atoms with Crippen molar-refractivity contribution in [1.29, 1.82) is 0 Å². The van der Waals surface area contributed by atoms with Gasteiger partial charge in [-0.1, -0.05) is 5.21 Å². The minimum Gasteiger partial charge on any atom is -0.385 e. The van der Waals surface area contributed by atoms with Crippen LogP contribution in [0.1, 0.15) is 29.0 Å². The van der Waals surface area contributed by atoms with E-state index >= 15 is 0 Å². The lowest BCUT2D eigenvalue weighted by Gasteiger charge is -2.09. The number of nitrogens with zero attached hydrogens (tertiary/aromatic N) is 3. The summed E-state index contributed by atoms with van der Waals surface area (Å²) in [5.41, 5.74) is 2.77. The number of carbonyl (C=O) groups is 1. The minimum atomic E-state index is -4.71. The largest absolute Gasteiger partial charge is 0.435 e. The number of aromatic nitrogens is 3. The Hall–Kier alpha value is -1.64. The third kappa shape index (κ3) is 3.42. The van der Waals surface area contributed by atoms with Crippen LogP contribution in [-0.4, -0.2) is 34.6 Å². The smallest absolute Gasteiger partial charge is 0.385 e. The van der Waals surface area contributed by atoms with Crippen LogP contribution in [0.2, 0.25) is 0 Å². The molecule has 0 aromatic carbocycles. The van der Waals surface area contributed by atoms with Gasteiger partial charge in [-0.3, -0.25) is 4.79 Å². The molecule has 102 valence electrons. The van der Waals surface area contributed by atoms with Crippen molar-refractivity contribution in [2.45, 2.75) is 25.6 Å². The maximum atomic E-state index is 12.7. The van der Waals surface area contributed by atoms with Crippen LogP contribution in [-0.2, 0) is 17.5 Å². The Kier molecular flexibility index (Phi) is 4.65.